The predicted octanol–water partition coefficient (Wildman–Crippen LogP) is 3.28. The highest BCUT2D eigenvalue weighted by Gasteiger charge is 2.22. The standard InChI is InChI=1S/C18H25N3O2/c1-12(2)8-16-11-17(23-20-16)18(22)21(5)14(4)10-15-9-13(3)6-7-19-15/h6-7,9,11-12,14H,8,10H2,1-5H3/t14-/m0/s1. The molecule has 0 spiro atoms. The molecule has 0 aliphatic rings. The van der Waals surface area contributed by atoms with E-state index in [-0.39, 0.29) is 11.9 Å². The van der Waals surface area contributed by atoms with Crippen LogP contribution in [-0.2, 0) is 12.8 Å². The molecule has 2 rings (SSSR count). The average Bonchev–Trinajstić information content (AvgIpc) is 2.93. The molecule has 5 nitrogen and oxygen atoms in total. The van der Waals surface area contributed by atoms with Gasteiger partial charge in [-0.3, -0.25) is 9.78 Å². The Labute approximate surface area is 137 Å². The lowest BCUT2D eigenvalue weighted by Crippen LogP contribution is -2.36. The minimum atomic E-state index is -0.146. The number of rotatable bonds is 6. The van der Waals surface area contributed by atoms with Gasteiger partial charge in [0.2, 0.25) is 5.76 Å². The van der Waals surface area contributed by atoms with Crippen molar-refractivity contribution in [2.75, 3.05) is 7.05 Å². The number of likely N-dealkylation sites (N-methyl/N-ethyl adjacent to an activating group) is 1. The van der Waals surface area contributed by atoms with Gasteiger partial charge >= 0.3 is 0 Å². The highest BCUT2D eigenvalue weighted by molar-refractivity contribution is 5.91. The number of carbonyl (C=O) groups excluding carboxylic acids is 1. The van der Waals surface area contributed by atoms with Crippen LogP contribution in [0.2, 0.25) is 0 Å². The Bertz CT molecular complexity index is 664. The molecule has 0 aliphatic carbocycles. The maximum Gasteiger partial charge on any atom is 0.292 e. The predicted molar refractivity (Wildman–Crippen MR) is 89.3 cm³/mol. The van der Waals surface area contributed by atoms with E-state index in [1.165, 1.54) is 5.56 Å². The summed E-state index contributed by atoms with van der Waals surface area (Å²) in [5.41, 5.74) is 2.98. The molecule has 2 aromatic heterocycles. The number of hydrogen-bond acceptors (Lipinski definition) is 4. The van der Waals surface area contributed by atoms with Gasteiger partial charge in [0.05, 0.1) is 5.69 Å². The van der Waals surface area contributed by atoms with Gasteiger partial charge in [0.25, 0.3) is 5.91 Å². The first-order chi connectivity index (χ1) is 10.9. The first-order valence-corrected chi connectivity index (χ1v) is 8.01. The van der Waals surface area contributed by atoms with Crippen molar-refractivity contribution < 1.29 is 9.32 Å². The van der Waals surface area contributed by atoms with Crippen LogP contribution in [0.15, 0.2) is 28.9 Å². The van der Waals surface area contributed by atoms with E-state index in [2.05, 4.69) is 24.0 Å². The van der Waals surface area contributed by atoms with Crippen LogP contribution < -0.4 is 0 Å². The van der Waals surface area contributed by atoms with Crippen molar-refractivity contribution >= 4 is 5.91 Å². The molecule has 0 bridgehead atoms. The van der Waals surface area contributed by atoms with Crippen LogP contribution in [0.5, 0.6) is 0 Å². The van der Waals surface area contributed by atoms with Crippen molar-refractivity contribution in [2.45, 2.75) is 46.6 Å². The zero-order chi connectivity index (χ0) is 17.0. The van der Waals surface area contributed by atoms with Crippen molar-refractivity contribution in [3.05, 3.63) is 47.1 Å². The van der Waals surface area contributed by atoms with Crippen molar-refractivity contribution in [3.63, 3.8) is 0 Å². The monoisotopic (exact) mass is 315 g/mol. The molecule has 0 aromatic carbocycles. The molecule has 0 radical (unpaired) electrons. The fourth-order valence-electron chi connectivity index (χ4n) is 2.45. The Morgan fingerprint density at radius 3 is 2.61 bits per heavy atom. The Hall–Kier alpha value is -2.17. The molecule has 0 unspecified atom stereocenters. The number of aromatic nitrogens is 2. The highest BCUT2D eigenvalue weighted by atomic mass is 16.5. The van der Waals surface area contributed by atoms with Gasteiger partial charge in [-0.05, 0) is 43.9 Å². The summed E-state index contributed by atoms with van der Waals surface area (Å²) in [6.45, 7) is 8.27. The minimum Gasteiger partial charge on any atom is -0.351 e. The summed E-state index contributed by atoms with van der Waals surface area (Å²) >= 11 is 0. The molecule has 2 aromatic rings. The van der Waals surface area contributed by atoms with Crippen molar-refractivity contribution in [1.82, 2.24) is 15.0 Å². The van der Waals surface area contributed by atoms with Crippen LogP contribution in [0, 0.1) is 12.8 Å². The normalized spacial score (nSPS) is 12.4. The molecule has 2 heterocycles. The van der Waals surface area contributed by atoms with E-state index in [1.54, 1.807) is 24.2 Å². The van der Waals surface area contributed by atoms with E-state index in [4.69, 9.17) is 4.52 Å². The summed E-state index contributed by atoms with van der Waals surface area (Å²) in [7, 11) is 1.79. The number of amides is 1. The summed E-state index contributed by atoms with van der Waals surface area (Å²) in [6.07, 6.45) is 3.31. The quantitative estimate of drug-likeness (QED) is 0.821. The Balaban J connectivity index is 2.02. The van der Waals surface area contributed by atoms with Gasteiger partial charge in [0.15, 0.2) is 0 Å². The summed E-state index contributed by atoms with van der Waals surface area (Å²) in [6, 6.07) is 5.78. The number of hydrogen-bond donors (Lipinski definition) is 0. The number of nitrogens with zero attached hydrogens (tertiary/aromatic N) is 3. The Kier molecular flexibility index (Phi) is 5.53. The molecule has 1 amide bonds. The van der Waals surface area contributed by atoms with Crippen molar-refractivity contribution in [2.24, 2.45) is 5.92 Å². The lowest BCUT2D eigenvalue weighted by molar-refractivity contribution is 0.0700. The van der Waals surface area contributed by atoms with Crippen molar-refractivity contribution in [1.29, 1.82) is 0 Å². The summed E-state index contributed by atoms with van der Waals surface area (Å²) < 4.78 is 5.21. The fourth-order valence-corrected chi connectivity index (χ4v) is 2.45. The minimum absolute atomic E-state index is 0.0236. The van der Waals surface area contributed by atoms with Gasteiger partial charge in [0, 0.05) is 37.5 Å². The second-order valence-corrected chi connectivity index (χ2v) is 6.57. The van der Waals surface area contributed by atoms with Crippen LogP contribution in [0.4, 0.5) is 0 Å². The Morgan fingerprint density at radius 2 is 1.96 bits per heavy atom. The molecule has 0 aliphatic heterocycles. The van der Waals surface area contributed by atoms with Gasteiger partial charge in [-0.25, -0.2) is 0 Å². The maximum absolute atomic E-state index is 12.5. The first-order valence-electron chi connectivity index (χ1n) is 8.01. The van der Waals surface area contributed by atoms with E-state index in [9.17, 15) is 4.79 Å². The smallest absolute Gasteiger partial charge is 0.292 e. The van der Waals surface area contributed by atoms with E-state index in [0.717, 1.165) is 17.8 Å². The second kappa shape index (κ2) is 7.40. The summed E-state index contributed by atoms with van der Waals surface area (Å²) in [5, 5.41) is 3.98. The lowest BCUT2D eigenvalue weighted by Gasteiger charge is -2.23. The van der Waals surface area contributed by atoms with Gasteiger partial charge < -0.3 is 9.42 Å². The topological polar surface area (TPSA) is 59.2 Å². The zero-order valence-corrected chi connectivity index (χ0v) is 14.5. The summed E-state index contributed by atoms with van der Waals surface area (Å²) in [4.78, 5) is 18.6. The van der Waals surface area contributed by atoms with Crippen LogP contribution in [-0.4, -0.2) is 34.0 Å². The maximum atomic E-state index is 12.5. The van der Waals surface area contributed by atoms with Crippen LogP contribution in [0.25, 0.3) is 0 Å². The number of pyridine rings is 1. The third-order valence-electron chi connectivity index (χ3n) is 3.85. The zero-order valence-electron chi connectivity index (χ0n) is 14.5. The van der Waals surface area contributed by atoms with Crippen LogP contribution in [0.1, 0.15) is 48.3 Å². The molecular formula is C18H25N3O2. The van der Waals surface area contributed by atoms with Crippen LogP contribution in [0.3, 0.4) is 0 Å². The van der Waals surface area contributed by atoms with E-state index in [0.29, 0.717) is 18.1 Å². The molecule has 5 heteroatoms. The van der Waals surface area contributed by atoms with Crippen molar-refractivity contribution in [3.8, 4) is 0 Å². The molecule has 0 saturated carbocycles. The van der Waals surface area contributed by atoms with Crippen LogP contribution >= 0.6 is 0 Å². The highest BCUT2D eigenvalue weighted by Crippen LogP contribution is 2.14. The van der Waals surface area contributed by atoms with Gasteiger partial charge in [-0.2, -0.15) is 0 Å². The largest absolute Gasteiger partial charge is 0.351 e. The molecule has 0 fully saturated rings. The van der Waals surface area contributed by atoms with E-state index >= 15 is 0 Å². The molecule has 0 saturated heterocycles. The van der Waals surface area contributed by atoms with Gasteiger partial charge in [-0.15, -0.1) is 0 Å². The molecule has 1 atom stereocenters. The molecule has 23 heavy (non-hydrogen) atoms. The lowest BCUT2D eigenvalue weighted by atomic mass is 10.1. The average molecular weight is 315 g/mol. The fraction of sp³-hybridized carbons (Fsp3) is 0.500. The Morgan fingerprint density at radius 1 is 1.22 bits per heavy atom. The number of carbonyl (C=O) groups is 1. The summed E-state index contributed by atoms with van der Waals surface area (Å²) in [5.74, 6) is 0.631. The van der Waals surface area contributed by atoms with Gasteiger partial charge in [-0.1, -0.05) is 19.0 Å². The molecule has 124 valence electrons. The van der Waals surface area contributed by atoms with E-state index < -0.39 is 0 Å². The molecular weight excluding hydrogens is 290 g/mol. The first kappa shape index (κ1) is 17.2. The molecule has 0 N–H and O–H groups in total. The SMILES string of the molecule is Cc1ccnc(C[C@H](C)N(C)C(=O)c2cc(CC(C)C)no2)c1. The third-order valence-corrected chi connectivity index (χ3v) is 3.85. The number of aryl methyl sites for hydroxylation is 1. The van der Waals surface area contributed by atoms with Gasteiger partial charge in [0.1, 0.15) is 0 Å². The second-order valence-electron chi connectivity index (χ2n) is 6.57. The van der Waals surface area contributed by atoms with E-state index in [1.807, 2.05) is 26.0 Å². The third kappa shape index (κ3) is 4.65.